The molecule has 1 unspecified atom stereocenters. The molecule has 4 nitrogen and oxygen atoms in total. The Morgan fingerprint density at radius 2 is 2.29 bits per heavy atom. The molecule has 0 aromatic heterocycles. The van der Waals surface area contributed by atoms with Crippen molar-refractivity contribution in [3.05, 3.63) is 0 Å². The fourth-order valence-corrected chi connectivity index (χ4v) is 1.27. The molecule has 1 aliphatic rings. The minimum absolute atomic E-state index is 0.106. The topological polar surface area (TPSA) is 39.7 Å². The van der Waals surface area contributed by atoms with Crippen LogP contribution in [0.25, 0.3) is 0 Å². The van der Waals surface area contributed by atoms with Crippen molar-refractivity contribution in [1.82, 2.24) is 5.32 Å². The minimum Gasteiger partial charge on any atom is -0.377 e. The molecule has 1 N–H and O–H groups in total. The summed E-state index contributed by atoms with van der Waals surface area (Å²) < 4.78 is 15.8. The van der Waals surface area contributed by atoms with Crippen molar-refractivity contribution in [3.63, 3.8) is 0 Å². The van der Waals surface area contributed by atoms with Crippen LogP contribution < -0.4 is 5.32 Å². The highest BCUT2D eigenvalue weighted by Gasteiger charge is 2.18. The largest absolute Gasteiger partial charge is 0.377 e. The van der Waals surface area contributed by atoms with Gasteiger partial charge in [-0.15, -0.1) is 0 Å². The zero-order chi connectivity index (χ0) is 10.4. The third kappa shape index (κ3) is 4.37. The van der Waals surface area contributed by atoms with Crippen LogP contribution in [0.15, 0.2) is 0 Å². The van der Waals surface area contributed by atoms with Gasteiger partial charge >= 0.3 is 0 Å². The summed E-state index contributed by atoms with van der Waals surface area (Å²) in [6.07, 6.45) is 1.26. The van der Waals surface area contributed by atoms with E-state index in [9.17, 15) is 0 Å². The highest BCUT2D eigenvalue weighted by atomic mass is 16.7. The second kappa shape index (κ2) is 5.66. The average Bonchev–Trinajstić information content (AvgIpc) is 2.19. The lowest BCUT2D eigenvalue weighted by Crippen LogP contribution is -2.41. The molecular formula is C10H21NO3. The fraction of sp³-hybridized carbons (Fsp3) is 1.00. The summed E-state index contributed by atoms with van der Waals surface area (Å²) in [4.78, 5) is 0. The summed E-state index contributed by atoms with van der Waals surface area (Å²) in [5, 5.41) is 3.34. The normalized spacial score (nSPS) is 23.8. The Balaban J connectivity index is 2.08. The van der Waals surface area contributed by atoms with E-state index in [4.69, 9.17) is 14.2 Å². The molecule has 0 aromatic carbocycles. The van der Waals surface area contributed by atoms with Gasteiger partial charge in [-0.25, -0.2) is 0 Å². The highest BCUT2D eigenvalue weighted by Crippen LogP contribution is 2.07. The molecule has 4 heteroatoms. The van der Waals surface area contributed by atoms with Gasteiger partial charge in [0.25, 0.3) is 0 Å². The van der Waals surface area contributed by atoms with E-state index in [0.717, 1.165) is 26.1 Å². The van der Waals surface area contributed by atoms with Crippen molar-refractivity contribution in [3.8, 4) is 0 Å². The number of methoxy groups -OCH3 is 1. The predicted molar refractivity (Wildman–Crippen MR) is 54.3 cm³/mol. The smallest absolute Gasteiger partial charge is 0.147 e. The van der Waals surface area contributed by atoms with Gasteiger partial charge in [-0.05, 0) is 20.3 Å². The monoisotopic (exact) mass is 203 g/mol. The van der Waals surface area contributed by atoms with Crippen LogP contribution in [-0.4, -0.2) is 45.3 Å². The molecule has 1 aliphatic heterocycles. The van der Waals surface area contributed by atoms with Gasteiger partial charge in [-0.3, -0.25) is 0 Å². The second-order valence-corrected chi connectivity index (χ2v) is 4.20. The molecule has 1 saturated heterocycles. The molecule has 1 fully saturated rings. The first kappa shape index (κ1) is 11.9. The summed E-state index contributed by atoms with van der Waals surface area (Å²) in [6.45, 7) is 7.07. The molecule has 0 aromatic rings. The third-order valence-electron chi connectivity index (χ3n) is 2.45. The Bertz CT molecular complexity index is 155. The molecule has 1 atom stereocenters. The summed E-state index contributed by atoms with van der Waals surface area (Å²) >= 11 is 0. The standard InChI is InChI=1S/C10H21NO3/c1-10(2,12-3)7-11-6-9-4-5-13-8-14-9/h9,11H,4-8H2,1-3H3. The lowest BCUT2D eigenvalue weighted by Gasteiger charge is -2.27. The van der Waals surface area contributed by atoms with E-state index in [1.54, 1.807) is 7.11 Å². The Morgan fingerprint density at radius 3 is 2.86 bits per heavy atom. The maximum atomic E-state index is 5.40. The maximum absolute atomic E-state index is 5.40. The summed E-state index contributed by atoms with van der Waals surface area (Å²) in [7, 11) is 1.73. The molecule has 1 rings (SSSR count). The Kier molecular flexibility index (Phi) is 4.81. The molecule has 1 heterocycles. The molecule has 0 amide bonds. The molecule has 0 saturated carbocycles. The van der Waals surface area contributed by atoms with Crippen molar-refractivity contribution in [2.24, 2.45) is 0 Å². The fourth-order valence-electron chi connectivity index (χ4n) is 1.27. The van der Waals surface area contributed by atoms with Crippen molar-refractivity contribution >= 4 is 0 Å². The van der Waals surface area contributed by atoms with Crippen molar-refractivity contribution in [2.45, 2.75) is 32.0 Å². The number of rotatable bonds is 5. The summed E-state index contributed by atoms with van der Waals surface area (Å²) in [5.74, 6) is 0. The van der Waals surface area contributed by atoms with E-state index in [-0.39, 0.29) is 11.7 Å². The van der Waals surface area contributed by atoms with Gasteiger partial charge < -0.3 is 19.5 Å². The molecule has 84 valence electrons. The SMILES string of the molecule is COC(C)(C)CNCC1CCOCO1. The minimum atomic E-state index is -0.106. The highest BCUT2D eigenvalue weighted by molar-refractivity contribution is 4.73. The van der Waals surface area contributed by atoms with Crippen LogP contribution in [0, 0.1) is 0 Å². The van der Waals surface area contributed by atoms with Gasteiger partial charge in [-0.2, -0.15) is 0 Å². The van der Waals surface area contributed by atoms with E-state index >= 15 is 0 Å². The maximum Gasteiger partial charge on any atom is 0.147 e. The van der Waals surface area contributed by atoms with Gasteiger partial charge in [0.2, 0.25) is 0 Å². The van der Waals surface area contributed by atoms with Crippen LogP contribution in [-0.2, 0) is 14.2 Å². The van der Waals surface area contributed by atoms with E-state index in [1.807, 2.05) is 0 Å². The predicted octanol–water partition coefficient (Wildman–Crippen LogP) is 0.764. The van der Waals surface area contributed by atoms with Crippen molar-refractivity contribution < 1.29 is 14.2 Å². The lowest BCUT2D eigenvalue weighted by atomic mass is 10.1. The van der Waals surface area contributed by atoms with Crippen molar-refractivity contribution in [1.29, 1.82) is 0 Å². The van der Waals surface area contributed by atoms with Crippen LogP contribution in [0.1, 0.15) is 20.3 Å². The number of nitrogens with one attached hydrogen (secondary N) is 1. The van der Waals surface area contributed by atoms with Gasteiger partial charge in [0.05, 0.1) is 18.3 Å². The van der Waals surface area contributed by atoms with E-state index in [2.05, 4.69) is 19.2 Å². The molecule has 14 heavy (non-hydrogen) atoms. The molecule has 0 spiro atoms. The van der Waals surface area contributed by atoms with E-state index < -0.39 is 0 Å². The molecule has 0 bridgehead atoms. The Hall–Kier alpha value is -0.160. The van der Waals surface area contributed by atoms with Crippen LogP contribution >= 0.6 is 0 Å². The third-order valence-corrected chi connectivity index (χ3v) is 2.45. The Morgan fingerprint density at radius 1 is 1.50 bits per heavy atom. The zero-order valence-corrected chi connectivity index (χ0v) is 9.34. The van der Waals surface area contributed by atoms with E-state index in [0.29, 0.717) is 6.79 Å². The second-order valence-electron chi connectivity index (χ2n) is 4.20. The number of hydrogen-bond donors (Lipinski definition) is 1. The van der Waals surface area contributed by atoms with Gasteiger partial charge in [-0.1, -0.05) is 0 Å². The number of hydrogen-bond acceptors (Lipinski definition) is 4. The van der Waals surface area contributed by atoms with E-state index in [1.165, 1.54) is 0 Å². The van der Waals surface area contributed by atoms with Crippen LogP contribution in [0.4, 0.5) is 0 Å². The first-order valence-electron chi connectivity index (χ1n) is 5.09. The van der Waals surface area contributed by atoms with Gasteiger partial charge in [0.15, 0.2) is 0 Å². The van der Waals surface area contributed by atoms with Crippen LogP contribution in [0.3, 0.4) is 0 Å². The first-order chi connectivity index (χ1) is 6.64. The molecule has 0 aliphatic carbocycles. The summed E-state index contributed by atoms with van der Waals surface area (Å²) in [5.41, 5.74) is -0.106. The lowest BCUT2D eigenvalue weighted by molar-refractivity contribution is -0.137. The summed E-state index contributed by atoms with van der Waals surface area (Å²) in [6, 6.07) is 0. The molecule has 0 radical (unpaired) electrons. The zero-order valence-electron chi connectivity index (χ0n) is 9.34. The van der Waals surface area contributed by atoms with Crippen LogP contribution in [0.5, 0.6) is 0 Å². The van der Waals surface area contributed by atoms with Crippen molar-refractivity contribution in [2.75, 3.05) is 33.6 Å². The first-order valence-corrected chi connectivity index (χ1v) is 5.09. The Labute approximate surface area is 85.9 Å². The average molecular weight is 203 g/mol. The molecular weight excluding hydrogens is 182 g/mol. The quantitative estimate of drug-likeness (QED) is 0.716. The van der Waals surface area contributed by atoms with Crippen LogP contribution in [0.2, 0.25) is 0 Å². The van der Waals surface area contributed by atoms with Gasteiger partial charge in [0.1, 0.15) is 6.79 Å². The van der Waals surface area contributed by atoms with Gasteiger partial charge in [0, 0.05) is 20.2 Å². The number of ether oxygens (including phenoxy) is 3.